The van der Waals surface area contributed by atoms with Crippen molar-refractivity contribution >= 4 is 50.1 Å². The zero-order valence-corrected chi connectivity index (χ0v) is 13.9. The molecule has 0 N–H and O–H groups in total. The molecule has 2 aromatic heterocycles. The number of ether oxygens (including phenoxy) is 2. The van der Waals surface area contributed by atoms with Gasteiger partial charge >= 0.3 is 5.97 Å². The molecule has 0 aromatic carbocycles. The van der Waals surface area contributed by atoms with Crippen molar-refractivity contribution in [2.45, 2.75) is 20.0 Å². The average Bonchev–Trinajstić information content (AvgIpc) is 2.78. The highest BCUT2D eigenvalue weighted by atomic mass is 127. The first-order valence-corrected chi connectivity index (χ1v) is 7.82. The lowest BCUT2D eigenvalue weighted by molar-refractivity contribution is 0.0380. The summed E-state index contributed by atoms with van der Waals surface area (Å²) in [4.78, 5) is 17.6. The Morgan fingerprint density at radius 3 is 3.05 bits per heavy atom. The van der Waals surface area contributed by atoms with E-state index in [1.165, 1.54) is 11.3 Å². The van der Waals surface area contributed by atoms with Crippen molar-refractivity contribution in [2.75, 3.05) is 6.61 Å². The molecule has 0 fully saturated rings. The number of aromatic nitrogens is 1. The smallest absolute Gasteiger partial charge is 0.352 e. The predicted molar refractivity (Wildman–Crippen MR) is 87.5 cm³/mol. The standard InChI is InChI=1S/C14H12INO3S/c1-9(2)19-14(17)12-11(18-8-4-6-15)10-5-3-7-16-13(10)20-12/h3,5,7,9H,8H2,1-2H3. The van der Waals surface area contributed by atoms with Crippen LogP contribution in [-0.2, 0) is 4.74 Å². The van der Waals surface area contributed by atoms with Crippen LogP contribution in [-0.4, -0.2) is 23.7 Å². The van der Waals surface area contributed by atoms with Gasteiger partial charge in [-0.3, -0.25) is 0 Å². The summed E-state index contributed by atoms with van der Waals surface area (Å²) in [5, 5.41) is 0.809. The Kier molecular flexibility index (Phi) is 5.20. The molecule has 4 nitrogen and oxygen atoms in total. The largest absolute Gasteiger partial charge is 0.478 e. The molecule has 0 saturated carbocycles. The minimum absolute atomic E-state index is 0.178. The van der Waals surface area contributed by atoms with Gasteiger partial charge in [0, 0.05) is 28.8 Å². The highest BCUT2D eigenvalue weighted by molar-refractivity contribution is 14.1. The Hall–Kier alpha value is -1.33. The van der Waals surface area contributed by atoms with Crippen molar-refractivity contribution in [1.82, 2.24) is 4.98 Å². The fourth-order valence-corrected chi connectivity index (χ4v) is 2.72. The van der Waals surface area contributed by atoms with Crippen LogP contribution in [0.15, 0.2) is 18.3 Å². The van der Waals surface area contributed by atoms with E-state index in [4.69, 9.17) is 9.47 Å². The molecule has 6 heteroatoms. The summed E-state index contributed by atoms with van der Waals surface area (Å²) in [5.74, 6) is 2.92. The van der Waals surface area contributed by atoms with Crippen LogP contribution in [0, 0.1) is 9.85 Å². The first-order valence-electron chi connectivity index (χ1n) is 5.93. The summed E-state index contributed by atoms with van der Waals surface area (Å²) < 4.78 is 13.6. The van der Waals surface area contributed by atoms with E-state index in [0.717, 1.165) is 10.2 Å². The molecule has 0 aliphatic rings. The molecular weight excluding hydrogens is 389 g/mol. The molecule has 0 bridgehead atoms. The number of thiophene rings is 1. The van der Waals surface area contributed by atoms with Crippen LogP contribution in [0.4, 0.5) is 0 Å². The molecule has 2 rings (SSSR count). The second-order valence-corrected chi connectivity index (χ2v) is 5.67. The van der Waals surface area contributed by atoms with Gasteiger partial charge in [-0.25, -0.2) is 9.78 Å². The molecule has 0 amide bonds. The summed E-state index contributed by atoms with van der Waals surface area (Å²) in [6.07, 6.45) is 1.51. The van der Waals surface area contributed by atoms with E-state index in [1.807, 2.05) is 48.6 Å². The van der Waals surface area contributed by atoms with Crippen molar-refractivity contribution in [2.24, 2.45) is 0 Å². The van der Waals surface area contributed by atoms with Crippen LogP contribution >= 0.6 is 33.9 Å². The van der Waals surface area contributed by atoms with Gasteiger partial charge in [-0.05, 0) is 29.9 Å². The number of nitrogens with zero attached hydrogens (tertiary/aromatic N) is 1. The van der Waals surface area contributed by atoms with Crippen LogP contribution in [0.2, 0.25) is 0 Å². The topological polar surface area (TPSA) is 48.4 Å². The van der Waals surface area contributed by atoms with Crippen molar-refractivity contribution in [3.8, 4) is 15.6 Å². The maximum absolute atomic E-state index is 12.1. The van der Waals surface area contributed by atoms with E-state index in [1.54, 1.807) is 6.20 Å². The lowest BCUT2D eigenvalue weighted by Crippen LogP contribution is -2.11. The number of carbonyl (C=O) groups excluding carboxylic acids is 1. The van der Waals surface area contributed by atoms with Crippen LogP contribution in [0.1, 0.15) is 23.5 Å². The number of esters is 1. The molecule has 0 unspecified atom stereocenters. The first kappa shape index (κ1) is 15.1. The minimum atomic E-state index is -0.388. The number of halogens is 1. The average molecular weight is 401 g/mol. The van der Waals surface area contributed by atoms with Crippen LogP contribution in [0.25, 0.3) is 10.2 Å². The van der Waals surface area contributed by atoms with Crippen LogP contribution in [0.5, 0.6) is 5.75 Å². The van der Waals surface area contributed by atoms with Gasteiger partial charge in [0.25, 0.3) is 0 Å². The zero-order chi connectivity index (χ0) is 14.5. The Morgan fingerprint density at radius 1 is 1.55 bits per heavy atom. The molecule has 0 atom stereocenters. The number of carbonyl (C=O) groups is 1. The van der Waals surface area contributed by atoms with Crippen molar-refractivity contribution < 1.29 is 14.3 Å². The van der Waals surface area contributed by atoms with Gasteiger partial charge in [0.1, 0.15) is 11.4 Å². The molecule has 0 aliphatic carbocycles. The van der Waals surface area contributed by atoms with Crippen LogP contribution < -0.4 is 4.74 Å². The zero-order valence-electron chi connectivity index (χ0n) is 11.0. The number of hydrogen-bond acceptors (Lipinski definition) is 5. The maximum atomic E-state index is 12.1. The third-order valence-electron chi connectivity index (χ3n) is 2.30. The normalized spacial score (nSPS) is 10.2. The van der Waals surface area contributed by atoms with E-state index in [2.05, 4.69) is 14.8 Å². The fourth-order valence-electron chi connectivity index (χ4n) is 1.59. The summed E-state index contributed by atoms with van der Waals surface area (Å²) in [5.41, 5.74) is 0. The van der Waals surface area contributed by atoms with E-state index in [9.17, 15) is 4.79 Å². The molecule has 0 radical (unpaired) electrons. The monoisotopic (exact) mass is 401 g/mol. The third kappa shape index (κ3) is 3.41. The quantitative estimate of drug-likeness (QED) is 0.446. The van der Waals surface area contributed by atoms with Gasteiger partial charge in [0.15, 0.2) is 10.6 Å². The summed E-state index contributed by atoms with van der Waals surface area (Å²) >= 11 is 3.21. The summed E-state index contributed by atoms with van der Waals surface area (Å²) in [6.45, 7) is 3.85. The molecule has 2 heterocycles. The number of pyridine rings is 1. The number of fused-ring (bicyclic) bond motifs is 1. The lowest BCUT2D eigenvalue weighted by Gasteiger charge is -2.08. The molecule has 0 saturated heterocycles. The van der Waals surface area contributed by atoms with Gasteiger partial charge in [0.2, 0.25) is 0 Å². The van der Waals surface area contributed by atoms with Crippen LogP contribution in [0.3, 0.4) is 0 Å². The summed E-state index contributed by atoms with van der Waals surface area (Å²) in [6, 6.07) is 3.68. The molecule has 20 heavy (non-hydrogen) atoms. The molecule has 0 spiro atoms. The highest BCUT2D eigenvalue weighted by Gasteiger charge is 2.22. The second kappa shape index (κ2) is 6.90. The van der Waals surface area contributed by atoms with E-state index in [-0.39, 0.29) is 18.7 Å². The van der Waals surface area contributed by atoms with Gasteiger partial charge in [-0.1, -0.05) is 5.92 Å². The molecular formula is C14H12INO3S. The first-order chi connectivity index (χ1) is 9.63. The van der Waals surface area contributed by atoms with E-state index < -0.39 is 0 Å². The van der Waals surface area contributed by atoms with Crippen molar-refractivity contribution in [3.63, 3.8) is 0 Å². The van der Waals surface area contributed by atoms with E-state index >= 15 is 0 Å². The Balaban J connectivity index is 2.42. The predicted octanol–water partition coefficient (Wildman–Crippen LogP) is 3.64. The Bertz CT molecular complexity index is 685. The van der Waals surface area contributed by atoms with Gasteiger partial charge in [-0.15, -0.1) is 11.3 Å². The van der Waals surface area contributed by atoms with Crippen molar-refractivity contribution in [3.05, 3.63) is 23.2 Å². The SMILES string of the molecule is CC(C)OC(=O)c1sc2ncccc2c1OCC#CI. The highest BCUT2D eigenvalue weighted by Crippen LogP contribution is 2.37. The summed E-state index contributed by atoms with van der Waals surface area (Å²) in [7, 11) is 0. The van der Waals surface area contributed by atoms with Gasteiger partial charge in [-0.2, -0.15) is 0 Å². The minimum Gasteiger partial charge on any atom is -0.478 e. The molecule has 0 aliphatic heterocycles. The molecule has 104 valence electrons. The second-order valence-electron chi connectivity index (χ2n) is 4.13. The number of hydrogen-bond donors (Lipinski definition) is 0. The molecule has 2 aromatic rings. The number of rotatable bonds is 4. The van der Waals surface area contributed by atoms with E-state index in [0.29, 0.717) is 10.6 Å². The Labute approximate surface area is 134 Å². The third-order valence-corrected chi connectivity index (χ3v) is 3.76. The van der Waals surface area contributed by atoms with Gasteiger partial charge < -0.3 is 9.47 Å². The van der Waals surface area contributed by atoms with Gasteiger partial charge in [0.05, 0.1) is 11.5 Å². The maximum Gasteiger partial charge on any atom is 0.352 e. The Morgan fingerprint density at radius 2 is 2.35 bits per heavy atom. The van der Waals surface area contributed by atoms with Crippen molar-refractivity contribution in [1.29, 1.82) is 0 Å². The lowest BCUT2D eigenvalue weighted by atomic mass is 10.3. The fraction of sp³-hybridized carbons (Fsp3) is 0.286.